The van der Waals surface area contributed by atoms with E-state index in [1.165, 1.54) is 35.7 Å². The summed E-state index contributed by atoms with van der Waals surface area (Å²) in [5.41, 5.74) is 2.02. The van der Waals surface area contributed by atoms with Crippen LogP contribution in [0.5, 0.6) is 17.4 Å². The number of benzene rings is 3. The number of ether oxygens (including phenoxy) is 3. The number of aromatic nitrogens is 2. The molecule has 0 unspecified atom stereocenters. The normalized spacial score (nSPS) is 15.5. The van der Waals surface area contributed by atoms with Crippen LogP contribution in [0, 0.1) is 5.82 Å². The Morgan fingerprint density at radius 1 is 1.05 bits per heavy atom. The maximum Gasteiger partial charge on any atom is 0.243 e. The lowest BCUT2D eigenvalue weighted by atomic mass is 10.1. The standard InChI is InChI=1S/C31H34FN3O5S/c1-22(2)30-29(31(40-26-12-7-9-23(32)19-26)35(33-30)24-10-5-4-6-11-24)21-34(20-27-13-8-18-39-27)41(36,37)28-16-14-25(38-3)15-17-28/h4-7,9-12,14-17,19,22,27H,8,13,18,20-21H2,1-3H3/t27-/m1/s1. The molecule has 5 rings (SSSR count). The van der Waals surface area contributed by atoms with Crippen LogP contribution in [0.3, 0.4) is 0 Å². The van der Waals surface area contributed by atoms with E-state index in [1.54, 1.807) is 28.9 Å². The molecule has 10 heteroatoms. The summed E-state index contributed by atoms with van der Waals surface area (Å²) >= 11 is 0. The van der Waals surface area contributed by atoms with Crippen molar-refractivity contribution in [3.05, 3.63) is 95.9 Å². The summed E-state index contributed by atoms with van der Waals surface area (Å²) in [6.45, 7) is 4.74. The van der Waals surface area contributed by atoms with Crippen molar-refractivity contribution in [2.24, 2.45) is 0 Å². The van der Waals surface area contributed by atoms with Crippen molar-refractivity contribution in [1.82, 2.24) is 14.1 Å². The van der Waals surface area contributed by atoms with Crippen LogP contribution in [0.15, 0.2) is 83.8 Å². The Kier molecular flexibility index (Phi) is 8.72. The smallest absolute Gasteiger partial charge is 0.243 e. The molecule has 216 valence electrons. The first-order chi connectivity index (χ1) is 19.8. The quantitative estimate of drug-likeness (QED) is 0.207. The van der Waals surface area contributed by atoms with Crippen LogP contribution >= 0.6 is 0 Å². The van der Waals surface area contributed by atoms with Gasteiger partial charge in [0.05, 0.1) is 35.1 Å². The second-order valence-corrected chi connectivity index (χ2v) is 12.2. The first-order valence-corrected chi connectivity index (χ1v) is 15.1. The topological polar surface area (TPSA) is 82.9 Å². The van der Waals surface area contributed by atoms with Crippen molar-refractivity contribution in [3.63, 3.8) is 0 Å². The third kappa shape index (κ3) is 6.45. The van der Waals surface area contributed by atoms with Gasteiger partial charge in [0, 0.05) is 25.8 Å². The molecule has 1 fully saturated rings. The highest BCUT2D eigenvalue weighted by Crippen LogP contribution is 2.36. The van der Waals surface area contributed by atoms with Gasteiger partial charge in [-0.05, 0) is 67.3 Å². The molecule has 1 atom stereocenters. The van der Waals surface area contributed by atoms with E-state index in [-0.39, 0.29) is 35.8 Å². The molecule has 2 heterocycles. The van der Waals surface area contributed by atoms with Gasteiger partial charge >= 0.3 is 0 Å². The van der Waals surface area contributed by atoms with Crippen LogP contribution < -0.4 is 9.47 Å². The Bertz CT molecular complexity index is 1570. The van der Waals surface area contributed by atoms with Crippen LogP contribution in [0.1, 0.15) is 43.9 Å². The monoisotopic (exact) mass is 579 g/mol. The van der Waals surface area contributed by atoms with Crippen molar-refractivity contribution < 1.29 is 27.0 Å². The number of methoxy groups -OCH3 is 1. The molecular weight excluding hydrogens is 545 g/mol. The van der Waals surface area contributed by atoms with Gasteiger partial charge in [0.2, 0.25) is 15.9 Å². The largest absolute Gasteiger partial charge is 0.497 e. The minimum absolute atomic E-state index is 0.0147. The molecule has 1 aromatic heterocycles. The van der Waals surface area contributed by atoms with Crippen molar-refractivity contribution in [2.45, 2.75) is 50.2 Å². The predicted molar refractivity (Wildman–Crippen MR) is 154 cm³/mol. The van der Waals surface area contributed by atoms with E-state index in [0.29, 0.717) is 29.5 Å². The van der Waals surface area contributed by atoms with Gasteiger partial charge in [-0.25, -0.2) is 17.5 Å². The van der Waals surface area contributed by atoms with Crippen LogP contribution in [0.2, 0.25) is 0 Å². The zero-order valence-corrected chi connectivity index (χ0v) is 24.2. The first kappa shape index (κ1) is 28.8. The summed E-state index contributed by atoms with van der Waals surface area (Å²) in [5, 5.41) is 4.89. The van der Waals surface area contributed by atoms with Gasteiger partial charge in [0.15, 0.2) is 0 Å². The fraction of sp³-hybridized carbons (Fsp3) is 0.323. The van der Waals surface area contributed by atoms with Crippen molar-refractivity contribution in [3.8, 4) is 23.1 Å². The number of sulfonamides is 1. The van der Waals surface area contributed by atoms with Gasteiger partial charge < -0.3 is 14.2 Å². The highest BCUT2D eigenvalue weighted by atomic mass is 32.2. The van der Waals surface area contributed by atoms with Crippen molar-refractivity contribution in [2.75, 3.05) is 20.3 Å². The second-order valence-electron chi connectivity index (χ2n) is 10.2. The zero-order valence-electron chi connectivity index (χ0n) is 23.4. The second kappa shape index (κ2) is 12.4. The van der Waals surface area contributed by atoms with E-state index in [1.807, 2.05) is 44.2 Å². The van der Waals surface area contributed by atoms with E-state index >= 15 is 0 Å². The number of para-hydroxylation sites is 1. The zero-order chi connectivity index (χ0) is 29.0. The van der Waals surface area contributed by atoms with Gasteiger partial charge in [0.1, 0.15) is 17.3 Å². The Labute approximate surface area is 240 Å². The summed E-state index contributed by atoms with van der Waals surface area (Å²) in [5.74, 6) is 0.667. The lowest BCUT2D eigenvalue weighted by Crippen LogP contribution is -2.37. The lowest BCUT2D eigenvalue weighted by Gasteiger charge is -2.26. The van der Waals surface area contributed by atoms with E-state index < -0.39 is 15.8 Å². The third-order valence-electron chi connectivity index (χ3n) is 6.99. The summed E-state index contributed by atoms with van der Waals surface area (Å²) in [6, 6.07) is 21.6. The Hall–Kier alpha value is -3.73. The number of hydrogen-bond acceptors (Lipinski definition) is 6. The third-order valence-corrected chi connectivity index (χ3v) is 8.81. The first-order valence-electron chi connectivity index (χ1n) is 13.6. The molecule has 0 saturated carbocycles. The van der Waals surface area contributed by atoms with Crippen LogP contribution in [0.4, 0.5) is 4.39 Å². The highest BCUT2D eigenvalue weighted by Gasteiger charge is 2.33. The Balaban J connectivity index is 1.63. The molecule has 1 aliphatic rings. The van der Waals surface area contributed by atoms with E-state index in [0.717, 1.165) is 18.5 Å². The highest BCUT2D eigenvalue weighted by molar-refractivity contribution is 7.89. The minimum atomic E-state index is -3.96. The Morgan fingerprint density at radius 3 is 2.44 bits per heavy atom. The molecule has 0 aliphatic carbocycles. The SMILES string of the molecule is COc1ccc(S(=O)(=O)N(Cc2c(C(C)C)nn(-c3ccccc3)c2Oc2cccc(F)c2)C[C@H]2CCCO2)cc1. The summed E-state index contributed by atoms with van der Waals surface area (Å²) in [7, 11) is -2.43. The molecule has 0 radical (unpaired) electrons. The number of hydrogen-bond donors (Lipinski definition) is 0. The molecule has 0 amide bonds. The lowest BCUT2D eigenvalue weighted by molar-refractivity contribution is 0.0924. The molecule has 41 heavy (non-hydrogen) atoms. The van der Waals surface area contributed by atoms with Gasteiger partial charge in [-0.2, -0.15) is 9.40 Å². The molecular formula is C31H34FN3O5S. The number of halogens is 1. The van der Waals surface area contributed by atoms with Crippen LogP contribution in [-0.4, -0.2) is 48.9 Å². The number of nitrogens with zero attached hydrogens (tertiary/aromatic N) is 3. The van der Waals surface area contributed by atoms with Gasteiger partial charge in [-0.15, -0.1) is 0 Å². The van der Waals surface area contributed by atoms with Crippen LogP contribution in [-0.2, 0) is 21.3 Å². The van der Waals surface area contributed by atoms with E-state index in [2.05, 4.69) is 0 Å². The van der Waals surface area contributed by atoms with E-state index in [9.17, 15) is 12.8 Å². The fourth-order valence-electron chi connectivity index (χ4n) is 4.89. The Morgan fingerprint density at radius 2 is 1.80 bits per heavy atom. The molecule has 1 aliphatic heterocycles. The van der Waals surface area contributed by atoms with Crippen molar-refractivity contribution >= 4 is 10.0 Å². The summed E-state index contributed by atoms with van der Waals surface area (Å²) in [4.78, 5) is 0.144. The molecule has 4 aromatic rings. The summed E-state index contributed by atoms with van der Waals surface area (Å²) in [6.07, 6.45) is 1.40. The molecule has 8 nitrogen and oxygen atoms in total. The average Bonchev–Trinajstić information content (AvgIpc) is 3.61. The molecule has 3 aromatic carbocycles. The fourth-order valence-corrected chi connectivity index (χ4v) is 6.33. The van der Waals surface area contributed by atoms with Crippen molar-refractivity contribution in [1.29, 1.82) is 0 Å². The van der Waals surface area contributed by atoms with Crippen LogP contribution in [0.25, 0.3) is 5.69 Å². The number of rotatable bonds is 11. The maximum absolute atomic E-state index is 14.2. The summed E-state index contributed by atoms with van der Waals surface area (Å²) < 4.78 is 62.9. The van der Waals surface area contributed by atoms with Gasteiger partial charge in [-0.1, -0.05) is 38.1 Å². The average molecular weight is 580 g/mol. The molecule has 0 bridgehead atoms. The predicted octanol–water partition coefficient (Wildman–Crippen LogP) is 6.31. The minimum Gasteiger partial charge on any atom is -0.497 e. The molecule has 0 N–H and O–H groups in total. The maximum atomic E-state index is 14.2. The van der Waals surface area contributed by atoms with Gasteiger partial charge in [-0.3, -0.25) is 0 Å². The van der Waals surface area contributed by atoms with E-state index in [4.69, 9.17) is 19.3 Å². The molecule has 1 saturated heterocycles. The van der Waals surface area contributed by atoms with Gasteiger partial charge in [0.25, 0.3) is 0 Å². The molecule has 0 spiro atoms.